The molecule has 2 aliphatic heterocycles. The molecule has 29 heavy (non-hydrogen) atoms. The second-order valence-corrected chi connectivity index (χ2v) is 8.00. The molecular weight excluding hydrogens is 362 g/mol. The topological polar surface area (TPSA) is 57.4 Å². The minimum atomic E-state index is -0.831. The van der Waals surface area contributed by atoms with Gasteiger partial charge in [-0.2, -0.15) is 0 Å². The molecular formula is C24H27N3O2. The van der Waals surface area contributed by atoms with Gasteiger partial charge in [-0.15, -0.1) is 0 Å². The van der Waals surface area contributed by atoms with Crippen LogP contribution in [-0.4, -0.2) is 31.1 Å². The number of anilines is 1. The largest absolute Gasteiger partial charge is 0.497 e. The molecule has 3 heterocycles. The van der Waals surface area contributed by atoms with E-state index in [0.29, 0.717) is 0 Å². The number of nitrogens with zero attached hydrogens (tertiary/aromatic N) is 1. The third-order valence-corrected chi connectivity index (χ3v) is 6.40. The molecule has 0 bridgehead atoms. The zero-order valence-electron chi connectivity index (χ0n) is 17.0. The molecule has 0 aliphatic carbocycles. The number of nitrogens with one attached hydrogen (secondary N) is 2. The van der Waals surface area contributed by atoms with E-state index in [4.69, 9.17) is 4.74 Å². The van der Waals surface area contributed by atoms with Gasteiger partial charge >= 0.3 is 0 Å². The number of hydrogen-bond donors (Lipinski definition) is 2. The Morgan fingerprint density at radius 1 is 1.17 bits per heavy atom. The fourth-order valence-electron chi connectivity index (χ4n) is 5.00. The summed E-state index contributed by atoms with van der Waals surface area (Å²) >= 11 is 0. The van der Waals surface area contributed by atoms with Gasteiger partial charge in [-0.1, -0.05) is 38.0 Å². The number of amides is 1. The number of unbranched alkanes of at least 4 members (excludes halogenated alkanes) is 2. The minimum absolute atomic E-state index is 0.134. The van der Waals surface area contributed by atoms with Crippen LogP contribution in [0.15, 0.2) is 42.5 Å². The van der Waals surface area contributed by atoms with Crippen LogP contribution < -0.4 is 15.0 Å². The summed E-state index contributed by atoms with van der Waals surface area (Å²) in [6.07, 6.45) is 4.17. The summed E-state index contributed by atoms with van der Waals surface area (Å²) in [4.78, 5) is 19.5. The zero-order chi connectivity index (χ0) is 20.0. The highest BCUT2D eigenvalue weighted by Gasteiger charge is 2.55. The lowest BCUT2D eigenvalue weighted by Gasteiger charge is -2.34. The van der Waals surface area contributed by atoms with E-state index in [2.05, 4.69) is 35.4 Å². The van der Waals surface area contributed by atoms with Crippen molar-refractivity contribution in [3.8, 4) is 5.75 Å². The number of para-hydroxylation sites is 1. The van der Waals surface area contributed by atoms with Gasteiger partial charge in [0.15, 0.2) is 5.54 Å². The molecule has 0 fully saturated rings. The first kappa shape index (κ1) is 18.3. The number of fused-ring (bicyclic) bond motifs is 6. The number of aromatic amines is 1. The molecule has 3 aromatic rings. The van der Waals surface area contributed by atoms with Crippen molar-refractivity contribution >= 4 is 22.5 Å². The average Bonchev–Trinajstić information content (AvgIpc) is 3.24. The van der Waals surface area contributed by atoms with Gasteiger partial charge in [0.25, 0.3) is 5.91 Å². The molecule has 2 N–H and O–H groups in total. The van der Waals surface area contributed by atoms with E-state index in [1.807, 2.05) is 29.2 Å². The molecule has 2 aromatic carbocycles. The molecule has 1 unspecified atom stereocenters. The molecule has 5 heteroatoms. The SMILES string of the molecule is CCCCCN1C(=O)C2(NCCc3c2[nH]c2ccc(OC)cc32)c2ccccc21. The van der Waals surface area contributed by atoms with Gasteiger partial charge in [0.05, 0.1) is 12.8 Å². The average molecular weight is 389 g/mol. The third kappa shape index (κ3) is 2.53. The molecule has 5 nitrogen and oxygen atoms in total. The highest BCUT2D eigenvalue weighted by atomic mass is 16.5. The fourth-order valence-corrected chi connectivity index (χ4v) is 5.00. The number of hydrogen-bond acceptors (Lipinski definition) is 3. The second kappa shape index (κ2) is 6.92. The number of H-pyrrole nitrogens is 1. The Bertz CT molecular complexity index is 1090. The molecule has 0 saturated heterocycles. The Kier molecular flexibility index (Phi) is 4.36. The standard InChI is InChI=1S/C24H27N3O2/c1-3-4-7-14-27-21-9-6-5-8-19(21)24(23(27)28)22-17(12-13-25-24)18-15-16(29-2)10-11-20(18)26-22/h5-6,8-11,15,25-26H,3-4,7,12-14H2,1-2H3. The van der Waals surface area contributed by atoms with Crippen molar-refractivity contribution in [2.24, 2.45) is 0 Å². The summed E-state index contributed by atoms with van der Waals surface area (Å²) in [7, 11) is 1.69. The Hall–Kier alpha value is -2.79. The van der Waals surface area contributed by atoms with Crippen molar-refractivity contribution in [3.05, 3.63) is 59.3 Å². The van der Waals surface area contributed by atoms with Crippen LogP contribution in [0.3, 0.4) is 0 Å². The fraction of sp³-hybridized carbons (Fsp3) is 0.375. The van der Waals surface area contributed by atoms with E-state index in [1.165, 1.54) is 5.56 Å². The van der Waals surface area contributed by atoms with Crippen LogP contribution >= 0.6 is 0 Å². The number of ether oxygens (including phenoxy) is 1. The van der Waals surface area contributed by atoms with Gasteiger partial charge in [-0.05, 0) is 42.7 Å². The Labute approximate surface area is 171 Å². The number of aromatic nitrogens is 1. The molecule has 0 saturated carbocycles. The Morgan fingerprint density at radius 3 is 2.86 bits per heavy atom. The van der Waals surface area contributed by atoms with Crippen LogP contribution in [0.4, 0.5) is 5.69 Å². The maximum absolute atomic E-state index is 13.9. The minimum Gasteiger partial charge on any atom is -0.497 e. The summed E-state index contributed by atoms with van der Waals surface area (Å²) in [6.45, 7) is 3.71. The summed E-state index contributed by atoms with van der Waals surface area (Å²) in [5, 5.41) is 4.76. The van der Waals surface area contributed by atoms with Crippen LogP contribution in [0.2, 0.25) is 0 Å². The monoisotopic (exact) mass is 389 g/mol. The summed E-state index contributed by atoms with van der Waals surface area (Å²) in [5.41, 5.74) is 4.52. The first-order chi connectivity index (χ1) is 14.2. The van der Waals surface area contributed by atoms with Crippen LogP contribution in [0.5, 0.6) is 5.75 Å². The summed E-state index contributed by atoms with van der Waals surface area (Å²) in [6, 6.07) is 14.3. The molecule has 1 amide bonds. The maximum Gasteiger partial charge on any atom is 0.258 e. The van der Waals surface area contributed by atoms with Crippen molar-refractivity contribution in [1.29, 1.82) is 0 Å². The Morgan fingerprint density at radius 2 is 2.03 bits per heavy atom. The molecule has 0 radical (unpaired) electrons. The Balaban J connectivity index is 1.69. The summed E-state index contributed by atoms with van der Waals surface area (Å²) < 4.78 is 5.44. The molecule has 1 spiro atoms. The number of rotatable bonds is 5. The van der Waals surface area contributed by atoms with Gasteiger partial charge in [0, 0.05) is 35.2 Å². The van der Waals surface area contributed by atoms with Crippen LogP contribution in [0.25, 0.3) is 10.9 Å². The molecule has 150 valence electrons. The first-order valence-electron chi connectivity index (χ1n) is 10.6. The van der Waals surface area contributed by atoms with Gasteiger partial charge in [-0.25, -0.2) is 0 Å². The number of methoxy groups -OCH3 is 1. The predicted molar refractivity (Wildman–Crippen MR) is 116 cm³/mol. The van der Waals surface area contributed by atoms with Crippen molar-refractivity contribution in [2.75, 3.05) is 25.1 Å². The zero-order valence-corrected chi connectivity index (χ0v) is 17.0. The highest BCUT2D eigenvalue weighted by molar-refractivity contribution is 6.11. The van der Waals surface area contributed by atoms with Gasteiger partial charge in [0.2, 0.25) is 0 Å². The quantitative estimate of drug-likeness (QED) is 0.646. The lowest BCUT2D eigenvalue weighted by molar-refractivity contribution is -0.123. The van der Waals surface area contributed by atoms with Crippen molar-refractivity contribution in [3.63, 3.8) is 0 Å². The van der Waals surface area contributed by atoms with E-state index >= 15 is 0 Å². The van der Waals surface area contributed by atoms with Crippen molar-refractivity contribution in [2.45, 2.75) is 38.1 Å². The predicted octanol–water partition coefficient (Wildman–Crippen LogP) is 4.10. The van der Waals surface area contributed by atoms with Crippen molar-refractivity contribution in [1.82, 2.24) is 10.3 Å². The summed E-state index contributed by atoms with van der Waals surface area (Å²) in [5.74, 6) is 0.973. The van der Waals surface area contributed by atoms with Crippen LogP contribution in [-0.2, 0) is 16.8 Å². The number of carbonyl (C=O) groups is 1. The maximum atomic E-state index is 13.9. The highest BCUT2D eigenvalue weighted by Crippen LogP contribution is 2.48. The van der Waals surface area contributed by atoms with E-state index in [0.717, 1.165) is 72.4 Å². The van der Waals surface area contributed by atoms with Gasteiger partial charge in [0.1, 0.15) is 5.75 Å². The first-order valence-corrected chi connectivity index (χ1v) is 10.6. The molecule has 5 rings (SSSR count). The van der Waals surface area contributed by atoms with Crippen LogP contribution in [0, 0.1) is 0 Å². The van der Waals surface area contributed by atoms with Crippen molar-refractivity contribution < 1.29 is 9.53 Å². The smallest absolute Gasteiger partial charge is 0.258 e. The molecule has 1 atom stereocenters. The van der Waals surface area contributed by atoms with Gasteiger partial charge < -0.3 is 14.6 Å². The second-order valence-electron chi connectivity index (χ2n) is 8.00. The molecule has 2 aliphatic rings. The van der Waals surface area contributed by atoms with Crippen LogP contribution in [0.1, 0.15) is 43.0 Å². The normalized spacial score (nSPS) is 20.3. The van der Waals surface area contributed by atoms with E-state index < -0.39 is 5.54 Å². The van der Waals surface area contributed by atoms with E-state index in [1.54, 1.807) is 7.11 Å². The van der Waals surface area contributed by atoms with Gasteiger partial charge in [-0.3, -0.25) is 10.1 Å². The number of benzene rings is 2. The number of carbonyl (C=O) groups excluding carboxylic acids is 1. The molecule has 1 aromatic heterocycles. The third-order valence-electron chi connectivity index (χ3n) is 6.40. The lowest BCUT2D eigenvalue weighted by Crippen LogP contribution is -2.55. The van der Waals surface area contributed by atoms with E-state index in [9.17, 15) is 4.79 Å². The lowest BCUT2D eigenvalue weighted by atomic mass is 9.82. The van der Waals surface area contributed by atoms with E-state index in [-0.39, 0.29) is 5.91 Å².